The van der Waals surface area contributed by atoms with Crippen molar-refractivity contribution in [3.63, 3.8) is 0 Å². The molecule has 3 rings (SSSR count). The van der Waals surface area contributed by atoms with Crippen LogP contribution < -0.4 is 5.32 Å². The first-order chi connectivity index (χ1) is 8.42. The van der Waals surface area contributed by atoms with Gasteiger partial charge in [-0.15, -0.1) is 0 Å². The van der Waals surface area contributed by atoms with Crippen LogP contribution >= 0.6 is 11.8 Å². The van der Waals surface area contributed by atoms with E-state index in [1.165, 1.54) is 69.7 Å². The fourth-order valence-electron chi connectivity index (χ4n) is 3.21. The molecular weight excluding hydrogens is 228 g/mol. The molecule has 0 aromatic rings. The quantitative estimate of drug-likeness (QED) is 0.811. The number of nitrogens with zero attached hydrogens (tertiary/aromatic N) is 1. The summed E-state index contributed by atoms with van der Waals surface area (Å²) in [5.74, 6) is 3.83. The van der Waals surface area contributed by atoms with Crippen LogP contribution in [0.2, 0.25) is 0 Å². The summed E-state index contributed by atoms with van der Waals surface area (Å²) in [6.45, 7) is 3.96. The maximum absolute atomic E-state index is 3.67. The van der Waals surface area contributed by atoms with Crippen molar-refractivity contribution in [1.29, 1.82) is 0 Å². The van der Waals surface area contributed by atoms with Crippen molar-refractivity contribution in [1.82, 2.24) is 10.2 Å². The van der Waals surface area contributed by atoms with Crippen LogP contribution in [-0.2, 0) is 0 Å². The van der Waals surface area contributed by atoms with E-state index in [1.54, 1.807) is 0 Å². The number of nitrogens with one attached hydrogen (secondary N) is 1. The Hall–Kier alpha value is 0.270. The maximum Gasteiger partial charge on any atom is 0.0195 e. The normalized spacial score (nSPS) is 34.4. The summed E-state index contributed by atoms with van der Waals surface area (Å²) >= 11 is 2.17. The summed E-state index contributed by atoms with van der Waals surface area (Å²) in [5.41, 5.74) is 0. The molecule has 0 bridgehead atoms. The third kappa shape index (κ3) is 3.62. The summed E-state index contributed by atoms with van der Waals surface area (Å²) in [7, 11) is 0. The monoisotopic (exact) mass is 254 g/mol. The van der Waals surface area contributed by atoms with E-state index < -0.39 is 0 Å². The maximum atomic E-state index is 3.67. The molecule has 1 aliphatic carbocycles. The number of rotatable bonds is 5. The summed E-state index contributed by atoms with van der Waals surface area (Å²) < 4.78 is 0. The first-order valence-corrected chi connectivity index (χ1v) is 8.62. The SMILES string of the molecule is C1CNC(CN(CC2CC2)C2CCCSC2)C1. The Morgan fingerprint density at radius 2 is 2.00 bits per heavy atom. The van der Waals surface area contributed by atoms with E-state index in [0.29, 0.717) is 0 Å². The van der Waals surface area contributed by atoms with E-state index in [1.807, 2.05) is 0 Å². The lowest BCUT2D eigenvalue weighted by atomic mass is 10.1. The van der Waals surface area contributed by atoms with Crippen LogP contribution in [0.1, 0.15) is 38.5 Å². The first-order valence-electron chi connectivity index (χ1n) is 7.47. The van der Waals surface area contributed by atoms with Crippen molar-refractivity contribution in [3.8, 4) is 0 Å². The molecule has 1 N–H and O–H groups in total. The Morgan fingerprint density at radius 3 is 2.65 bits per heavy atom. The Morgan fingerprint density at radius 1 is 1.06 bits per heavy atom. The third-order valence-electron chi connectivity index (χ3n) is 4.46. The molecule has 0 aromatic carbocycles. The number of hydrogen-bond acceptors (Lipinski definition) is 3. The molecule has 3 heteroatoms. The largest absolute Gasteiger partial charge is 0.313 e. The molecule has 0 amide bonds. The molecule has 2 aliphatic heterocycles. The Kier molecular flexibility index (Phi) is 4.30. The predicted molar refractivity (Wildman–Crippen MR) is 75.7 cm³/mol. The van der Waals surface area contributed by atoms with Gasteiger partial charge in [0.15, 0.2) is 0 Å². The molecule has 2 nitrogen and oxygen atoms in total. The summed E-state index contributed by atoms with van der Waals surface area (Å²) in [6.07, 6.45) is 8.67. The van der Waals surface area contributed by atoms with E-state index in [9.17, 15) is 0 Å². The lowest BCUT2D eigenvalue weighted by molar-refractivity contribution is 0.176. The fraction of sp³-hybridized carbons (Fsp3) is 1.00. The van der Waals surface area contributed by atoms with Gasteiger partial charge in [-0.05, 0) is 56.7 Å². The van der Waals surface area contributed by atoms with E-state index in [4.69, 9.17) is 0 Å². The lowest BCUT2D eigenvalue weighted by Crippen LogP contribution is -2.46. The second-order valence-electron chi connectivity index (χ2n) is 6.06. The Labute approximate surface area is 110 Å². The highest BCUT2D eigenvalue weighted by Gasteiger charge is 2.30. The summed E-state index contributed by atoms with van der Waals surface area (Å²) in [4.78, 5) is 2.84. The molecule has 2 heterocycles. The molecule has 3 aliphatic rings. The molecule has 0 spiro atoms. The Bertz CT molecular complexity index is 230. The lowest BCUT2D eigenvalue weighted by Gasteiger charge is -2.35. The fourth-order valence-corrected chi connectivity index (χ4v) is 4.40. The molecule has 98 valence electrons. The molecule has 2 saturated heterocycles. The average molecular weight is 254 g/mol. The van der Waals surface area contributed by atoms with E-state index in [0.717, 1.165) is 18.0 Å². The van der Waals surface area contributed by atoms with Gasteiger partial charge in [0.1, 0.15) is 0 Å². The molecule has 2 atom stereocenters. The molecule has 1 saturated carbocycles. The van der Waals surface area contributed by atoms with Gasteiger partial charge in [0.2, 0.25) is 0 Å². The van der Waals surface area contributed by atoms with Crippen LogP contribution in [-0.4, -0.2) is 48.1 Å². The smallest absolute Gasteiger partial charge is 0.0195 e. The molecule has 17 heavy (non-hydrogen) atoms. The minimum absolute atomic E-state index is 0.792. The minimum Gasteiger partial charge on any atom is -0.313 e. The number of thioether (sulfide) groups is 1. The molecule has 3 fully saturated rings. The average Bonchev–Trinajstić information content (AvgIpc) is 3.04. The minimum atomic E-state index is 0.792. The van der Waals surface area contributed by atoms with Gasteiger partial charge in [-0.1, -0.05) is 0 Å². The van der Waals surface area contributed by atoms with Gasteiger partial charge in [0, 0.05) is 30.9 Å². The van der Waals surface area contributed by atoms with Crippen LogP contribution in [0.5, 0.6) is 0 Å². The van der Waals surface area contributed by atoms with Crippen molar-refractivity contribution in [2.45, 2.75) is 50.6 Å². The van der Waals surface area contributed by atoms with Gasteiger partial charge in [-0.25, -0.2) is 0 Å². The molecular formula is C14H26N2S. The highest BCUT2D eigenvalue weighted by molar-refractivity contribution is 7.99. The first kappa shape index (κ1) is 12.3. The van der Waals surface area contributed by atoms with Crippen LogP contribution in [0.4, 0.5) is 0 Å². The van der Waals surface area contributed by atoms with Gasteiger partial charge >= 0.3 is 0 Å². The van der Waals surface area contributed by atoms with E-state index >= 15 is 0 Å². The van der Waals surface area contributed by atoms with Gasteiger partial charge in [-0.2, -0.15) is 11.8 Å². The van der Waals surface area contributed by atoms with Gasteiger partial charge < -0.3 is 5.32 Å². The second kappa shape index (κ2) is 5.94. The predicted octanol–water partition coefficient (Wildman–Crippen LogP) is 2.35. The zero-order valence-corrected chi connectivity index (χ0v) is 11.7. The van der Waals surface area contributed by atoms with Crippen LogP contribution in [0.3, 0.4) is 0 Å². The van der Waals surface area contributed by atoms with Gasteiger partial charge in [-0.3, -0.25) is 4.90 Å². The van der Waals surface area contributed by atoms with Crippen molar-refractivity contribution in [2.75, 3.05) is 31.1 Å². The van der Waals surface area contributed by atoms with Crippen molar-refractivity contribution >= 4 is 11.8 Å². The van der Waals surface area contributed by atoms with Crippen molar-refractivity contribution < 1.29 is 0 Å². The topological polar surface area (TPSA) is 15.3 Å². The molecule has 0 aromatic heterocycles. The van der Waals surface area contributed by atoms with Gasteiger partial charge in [0.25, 0.3) is 0 Å². The van der Waals surface area contributed by atoms with Crippen molar-refractivity contribution in [2.24, 2.45) is 5.92 Å². The Balaban J connectivity index is 1.54. The van der Waals surface area contributed by atoms with Crippen molar-refractivity contribution in [3.05, 3.63) is 0 Å². The van der Waals surface area contributed by atoms with Crippen LogP contribution in [0.25, 0.3) is 0 Å². The number of hydrogen-bond donors (Lipinski definition) is 1. The highest BCUT2D eigenvalue weighted by atomic mass is 32.2. The molecule has 2 unspecified atom stereocenters. The highest BCUT2D eigenvalue weighted by Crippen LogP contribution is 2.32. The van der Waals surface area contributed by atoms with Crippen LogP contribution in [0.15, 0.2) is 0 Å². The second-order valence-corrected chi connectivity index (χ2v) is 7.21. The van der Waals surface area contributed by atoms with E-state index in [2.05, 4.69) is 22.0 Å². The zero-order valence-electron chi connectivity index (χ0n) is 10.9. The van der Waals surface area contributed by atoms with Gasteiger partial charge in [0.05, 0.1) is 0 Å². The van der Waals surface area contributed by atoms with E-state index in [-0.39, 0.29) is 0 Å². The standard InChI is InChI=1S/C14H26N2S/c1-3-13(15-7-1)10-16(9-12-5-6-12)14-4-2-8-17-11-14/h12-15H,1-11H2. The summed E-state index contributed by atoms with van der Waals surface area (Å²) in [6, 6.07) is 1.68. The molecule has 0 radical (unpaired) electrons. The van der Waals surface area contributed by atoms with Crippen LogP contribution in [0, 0.1) is 5.92 Å². The third-order valence-corrected chi connectivity index (χ3v) is 5.66. The zero-order chi connectivity index (χ0) is 11.5. The summed E-state index contributed by atoms with van der Waals surface area (Å²) in [5, 5.41) is 3.67.